The van der Waals surface area contributed by atoms with Crippen LogP contribution in [0.4, 0.5) is 4.39 Å². The van der Waals surface area contributed by atoms with E-state index in [1.54, 1.807) is 0 Å². The number of amides is 1. The lowest BCUT2D eigenvalue weighted by molar-refractivity contribution is -0.130. The van der Waals surface area contributed by atoms with Gasteiger partial charge in [0.25, 0.3) is 0 Å². The predicted octanol–water partition coefficient (Wildman–Crippen LogP) is 2.28. The average Bonchev–Trinajstić information content (AvgIpc) is 3.19. The van der Waals surface area contributed by atoms with Crippen molar-refractivity contribution >= 4 is 5.91 Å². The van der Waals surface area contributed by atoms with Crippen LogP contribution in [0.25, 0.3) is 0 Å². The molecule has 1 saturated carbocycles. The molecule has 2 fully saturated rings. The van der Waals surface area contributed by atoms with E-state index >= 15 is 0 Å². The minimum absolute atomic E-state index is 0.189. The predicted molar refractivity (Wildman–Crippen MR) is 76.0 cm³/mol. The van der Waals surface area contributed by atoms with E-state index in [1.165, 1.54) is 25.0 Å². The molecule has 1 aromatic rings. The van der Waals surface area contributed by atoms with Gasteiger partial charge in [-0.05, 0) is 43.9 Å². The number of halogens is 1. The number of rotatable bonds is 4. The summed E-state index contributed by atoms with van der Waals surface area (Å²) < 4.78 is 13.0. The summed E-state index contributed by atoms with van der Waals surface area (Å²) in [6.07, 6.45) is 3.35. The molecule has 0 bridgehead atoms. The maximum absolute atomic E-state index is 13.0. The van der Waals surface area contributed by atoms with Gasteiger partial charge in [0.2, 0.25) is 5.91 Å². The van der Waals surface area contributed by atoms with Gasteiger partial charge in [0.1, 0.15) is 5.82 Å². The monoisotopic (exact) mass is 276 g/mol. The van der Waals surface area contributed by atoms with E-state index in [2.05, 4.69) is 12.2 Å². The van der Waals surface area contributed by atoms with E-state index in [-0.39, 0.29) is 17.8 Å². The lowest BCUT2D eigenvalue weighted by Crippen LogP contribution is -2.40. The largest absolute Gasteiger partial charge is 0.338 e. The van der Waals surface area contributed by atoms with E-state index in [0.717, 1.165) is 18.5 Å². The molecule has 20 heavy (non-hydrogen) atoms. The standard InChI is InChI=1S/C16H21FN2O/c1-11-8-13(12-2-4-14(17)5-3-12)10-19(11)16(20)9-18-15-6-7-15/h2-5,11,13,15,18H,6-10H2,1H3/t11-,13+/m1/s1. The normalized spacial score (nSPS) is 26.0. The fourth-order valence-corrected chi connectivity index (χ4v) is 2.98. The number of carbonyl (C=O) groups excluding carboxylic acids is 1. The molecule has 4 heteroatoms. The molecular formula is C16H21FN2O. The Balaban J connectivity index is 1.60. The molecule has 1 N–H and O–H groups in total. The second-order valence-corrected chi connectivity index (χ2v) is 6.03. The van der Waals surface area contributed by atoms with Gasteiger partial charge in [-0.15, -0.1) is 0 Å². The third kappa shape index (κ3) is 3.01. The maximum Gasteiger partial charge on any atom is 0.236 e. The molecule has 1 amide bonds. The first kappa shape index (κ1) is 13.6. The summed E-state index contributed by atoms with van der Waals surface area (Å²) in [6, 6.07) is 7.49. The third-order valence-electron chi connectivity index (χ3n) is 4.36. The second kappa shape index (κ2) is 5.52. The zero-order valence-electron chi connectivity index (χ0n) is 11.8. The Morgan fingerprint density at radius 1 is 1.35 bits per heavy atom. The van der Waals surface area contributed by atoms with Crippen molar-refractivity contribution in [2.24, 2.45) is 0 Å². The van der Waals surface area contributed by atoms with E-state index in [0.29, 0.717) is 18.5 Å². The molecule has 3 rings (SSSR count). The Kier molecular flexibility index (Phi) is 3.74. The molecule has 3 nitrogen and oxygen atoms in total. The summed E-state index contributed by atoms with van der Waals surface area (Å²) in [5.74, 6) is 0.311. The number of carbonyl (C=O) groups is 1. The Morgan fingerprint density at radius 2 is 2.05 bits per heavy atom. The molecule has 2 aliphatic rings. The average molecular weight is 276 g/mol. The SMILES string of the molecule is C[C@@H]1C[C@H](c2ccc(F)cc2)CN1C(=O)CNC1CC1. The van der Waals surface area contributed by atoms with Crippen LogP contribution in [0, 0.1) is 5.82 Å². The zero-order valence-corrected chi connectivity index (χ0v) is 11.8. The van der Waals surface area contributed by atoms with Gasteiger partial charge in [-0.3, -0.25) is 4.79 Å². The van der Waals surface area contributed by atoms with Crippen LogP contribution in [0.1, 0.15) is 37.7 Å². The van der Waals surface area contributed by atoms with Crippen LogP contribution in [0.15, 0.2) is 24.3 Å². The molecule has 2 atom stereocenters. The van der Waals surface area contributed by atoms with Crippen LogP contribution in [0.5, 0.6) is 0 Å². The summed E-state index contributed by atoms with van der Waals surface area (Å²) in [6.45, 7) is 3.29. The highest BCUT2D eigenvalue weighted by Crippen LogP contribution is 2.31. The molecule has 0 unspecified atom stereocenters. The Hall–Kier alpha value is -1.42. The van der Waals surface area contributed by atoms with E-state index in [9.17, 15) is 9.18 Å². The number of hydrogen-bond donors (Lipinski definition) is 1. The van der Waals surface area contributed by atoms with Crippen molar-refractivity contribution in [2.45, 2.75) is 44.2 Å². The fourth-order valence-electron chi connectivity index (χ4n) is 2.98. The summed E-state index contributed by atoms with van der Waals surface area (Å²) in [5, 5.41) is 3.28. The molecule has 0 spiro atoms. The minimum Gasteiger partial charge on any atom is -0.338 e. The number of nitrogens with one attached hydrogen (secondary N) is 1. The van der Waals surface area contributed by atoms with Gasteiger partial charge in [-0.1, -0.05) is 12.1 Å². The molecule has 1 aromatic carbocycles. The highest BCUT2D eigenvalue weighted by molar-refractivity contribution is 5.79. The van der Waals surface area contributed by atoms with Gasteiger partial charge < -0.3 is 10.2 Å². The van der Waals surface area contributed by atoms with Crippen molar-refractivity contribution in [1.82, 2.24) is 10.2 Å². The molecule has 1 saturated heterocycles. The lowest BCUT2D eigenvalue weighted by Gasteiger charge is -2.21. The molecule has 0 aromatic heterocycles. The molecule has 1 aliphatic carbocycles. The van der Waals surface area contributed by atoms with Crippen LogP contribution in [0.3, 0.4) is 0 Å². The third-order valence-corrected chi connectivity index (χ3v) is 4.36. The van der Waals surface area contributed by atoms with Crippen LogP contribution in [-0.4, -0.2) is 36.0 Å². The van der Waals surface area contributed by atoms with E-state index in [4.69, 9.17) is 0 Å². The second-order valence-electron chi connectivity index (χ2n) is 6.03. The van der Waals surface area contributed by atoms with Crippen molar-refractivity contribution < 1.29 is 9.18 Å². The Bertz CT molecular complexity index is 484. The fraction of sp³-hybridized carbons (Fsp3) is 0.562. The topological polar surface area (TPSA) is 32.3 Å². The van der Waals surface area contributed by atoms with Crippen LogP contribution < -0.4 is 5.32 Å². The van der Waals surface area contributed by atoms with Crippen LogP contribution >= 0.6 is 0 Å². The molecular weight excluding hydrogens is 255 g/mol. The minimum atomic E-state index is -0.207. The van der Waals surface area contributed by atoms with E-state index < -0.39 is 0 Å². The number of benzene rings is 1. The van der Waals surface area contributed by atoms with Gasteiger partial charge in [0, 0.05) is 24.5 Å². The van der Waals surface area contributed by atoms with Gasteiger partial charge in [0.15, 0.2) is 0 Å². The van der Waals surface area contributed by atoms with Crippen molar-refractivity contribution in [2.75, 3.05) is 13.1 Å². The zero-order chi connectivity index (χ0) is 14.1. The van der Waals surface area contributed by atoms with Crippen LogP contribution in [0.2, 0.25) is 0 Å². The molecule has 108 valence electrons. The number of likely N-dealkylation sites (tertiary alicyclic amines) is 1. The number of hydrogen-bond acceptors (Lipinski definition) is 2. The summed E-state index contributed by atoms with van der Waals surface area (Å²) in [7, 11) is 0. The highest BCUT2D eigenvalue weighted by atomic mass is 19.1. The van der Waals surface area contributed by atoms with Crippen molar-refractivity contribution in [3.8, 4) is 0 Å². The molecule has 1 heterocycles. The van der Waals surface area contributed by atoms with Crippen molar-refractivity contribution in [3.05, 3.63) is 35.6 Å². The summed E-state index contributed by atoms with van der Waals surface area (Å²) in [5.41, 5.74) is 1.13. The van der Waals surface area contributed by atoms with Crippen molar-refractivity contribution in [3.63, 3.8) is 0 Å². The van der Waals surface area contributed by atoms with Gasteiger partial charge in [-0.2, -0.15) is 0 Å². The molecule has 1 aliphatic heterocycles. The van der Waals surface area contributed by atoms with Gasteiger partial charge >= 0.3 is 0 Å². The summed E-state index contributed by atoms with van der Waals surface area (Å²) in [4.78, 5) is 14.2. The quantitative estimate of drug-likeness (QED) is 0.915. The Labute approximate surface area is 119 Å². The number of nitrogens with zero attached hydrogens (tertiary/aromatic N) is 1. The first-order valence-electron chi connectivity index (χ1n) is 7.42. The smallest absolute Gasteiger partial charge is 0.236 e. The van der Waals surface area contributed by atoms with Gasteiger partial charge in [-0.25, -0.2) is 4.39 Å². The summed E-state index contributed by atoms with van der Waals surface area (Å²) >= 11 is 0. The lowest BCUT2D eigenvalue weighted by atomic mass is 9.97. The van der Waals surface area contributed by atoms with Crippen LogP contribution in [-0.2, 0) is 4.79 Å². The first-order chi connectivity index (χ1) is 9.63. The Morgan fingerprint density at radius 3 is 2.70 bits per heavy atom. The molecule has 0 radical (unpaired) electrons. The van der Waals surface area contributed by atoms with Gasteiger partial charge in [0.05, 0.1) is 6.54 Å². The highest BCUT2D eigenvalue weighted by Gasteiger charge is 2.33. The van der Waals surface area contributed by atoms with Crippen molar-refractivity contribution in [1.29, 1.82) is 0 Å². The first-order valence-corrected chi connectivity index (χ1v) is 7.42. The maximum atomic E-state index is 13.0. The van der Waals surface area contributed by atoms with E-state index in [1.807, 2.05) is 17.0 Å².